The second kappa shape index (κ2) is 10.0. The number of thiophene rings is 1. The van der Waals surface area contributed by atoms with Crippen molar-refractivity contribution in [3.63, 3.8) is 0 Å². The molecule has 0 radical (unpaired) electrons. The smallest absolute Gasteiger partial charge is 0.358 e. The van der Waals surface area contributed by atoms with Gasteiger partial charge < -0.3 is 20.9 Å². The summed E-state index contributed by atoms with van der Waals surface area (Å²) in [5.41, 5.74) is 4.45. The molecule has 13 heteroatoms. The minimum atomic E-state index is -1.44. The number of anilines is 2. The third-order valence-corrected chi connectivity index (χ3v) is 6.43. The molecule has 37 heavy (non-hydrogen) atoms. The van der Waals surface area contributed by atoms with E-state index in [9.17, 15) is 23.5 Å². The van der Waals surface area contributed by atoms with Crippen LogP contribution in [0.3, 0.4) is 0 Å². The monoisotopic (exact) mass is 528 g/mol. The second-order valence-corrected chi connectivity index (χ2v) is 9.55. The summed E-state index contributed by atoms with van der Waals surface area (Å²) >= 11 is 0.915. The Morgan fingerprint density at radius 3 is 2.54 bits per heavy atom. The van der Waals surface area contributed by atoms with Gasteiger partial charge in [-0.2, -0.15) is 0 Å². The van der Waals surface area contributed by atoms with Gasteiger partial charge in [0.05, 0.1) is 42.3 Å². The van der Waals surface area contributed by atoms with E-state index in [0.29, 0.717) is 11.5 Å². The zero-order valence-corrected chi connectivity index (χ0v) is 20.8. The molecule has 0 saturated heterocycles. The van der Waals surface area contributed by atoms with Crippen molar-refractivity contribution in [1.82, 2.24) is 20.0 Å². The average molecular weight is 529 g/mol. The molecule has 0 aliphatic rings. The van der Waals surface area contributed by atoms with Crippen molar-refractivity contribution in [1.29, 1.82) is 0 Å². The van der Waals surface area contributed by atoms with Gasteiger partial charge in [0.25, 0.3) is 5.91 Å². The van der Waals surface area contributed by atoms with E-state index < -0.39 is 29.1 Å². The molecule has 1 aromatic carbocycles. The predicted octanol–water partition coefficient (Wildman–Crippen LogP) is 3.58. The molecule has 1 amide bonds. The molecule has 3 heterocycles. The Kier molecular flexibility index (Phi) is 7.01. The molecule has 0 aliphatic carbocycles. The van der Waals surface area contributed by atoms with Crippen molar-refractivity contribution < 1.29 is 28.2 Å². The first-order chi connectivity index (χ1) is 17.5. The number of hydrogen-bond acceptors (Lipinski definition) is 9. The number of carbonyl (C=O) groups is 2. The fourth-order valence-electron chi connectivity index (χ4n) is 3.50. The van der Waals surface area contributed by atoms with Gasteiger partial charge in [0.15, 0.2) is 5.69 Å². The van der Waals surface area contributed by atoms with Gasteiger partial charge in [-0.1, -0.05) is 11.3 Å². The number of primary amides is 1. The van der Waals surface area contributed by atoms with E-state index in [1.54, 1.807) is 18.2 Å². The first kappa shape index (κ1) is 25.9. The third-order valence-electron chi connectivity index (χ3n) is 5.36. The number of benzene rings is 1. The van der Waals surface area contributed by atoms with E-state index in [4.69, 9.17) is 10.5 Å². The van der Waals surface area contributed by atoms with Gasteiger partial charge in [-0.3, -0.25) is 4.79 Å². The summed E-state index contributed by atoms with van der Waals surface area (Å²) in [6.07, 6.45) is 1.27. The number of pyridine rings is 1. The lowest BCUT2D eigenvalue weighted by molar-refractivity contribution is 0.0586. The molecule has 0 atom stereocenters. The van der Waals surface area contributed by atoms with E-state index in [1.807, 2.05) is 0 Å². The summed E-state index contributed by atoms with van der Waals surface area (Å²) in [6.45, 7) is 2.93. The maximum Gasteiger partial charge on any atom is 0.358 e. The highest BCUT2D eigenvalue weighted by Crippen LogP contribution is 2.40. The number of rotatable bonds is 8. The number of ether oxygens (including phenoxy) is 1. The molecule has 4 aromatic rings. The number of methoxy groups -OCH3 is 1. The normalized spacial score (nSPS) is 11.4. The number of amides is 1. The van der Waals surface area contributed by atoms with Crippen molar-refractivity contribution in [3.05, 3.63) is 76.7 Å². The van der Waals surface area contributed by atoms with Gasteiger partial charge in [0, 0.05) is 4.88 Å². The lowest BCUT2D eigenvalue weighted by Crippen LogP contribution is -2.16. The summed E-state index contributed by atoms with van der Waals surface area (Å²) in [6, 6.07) is 8.39. The molecular formula is C24H22F2N6O4S. The molecule has 0 unspecified atom stereocenters. The van der Waals surface area contributed by atoms with Crippen LogP contribution in [0.4, 0.5) is 19.6 Å². The molecule has 0 bridgehead atoms. The highest BCUT2D eigenvalue weighted by molar-refractivity contribution is 7.20. The summed E-state index contributed by atoms with van der Waals surface area (Å²) in [5, 5.41) is 20.9. The van der Waals surface area contributed by atoms with E-state index >= 15 is 0 Å². The standard InChI is InChI=1S/C24H22F2N6O4S/c1-24(2,35)12-7-15(25)20(16(26)8-12)18-9-14(21(27)33)22(37-18)30-19-6-4-5-13(29-19)11-32-17(10-28-31-32)23(34)36-3/h4-10,35H,11H2,1-3H3,(H2,27,33)(H,29,30). The zero-order chi connectivity index (χ0) is 26.9. The molecule has 0 fully saturated rings. The topological polar surface area (TPSA) is 145 Å². The van der Waals surface area contributed by atoms with Gasteiger partial charge in [0.1, 0.15) is 22.5 Å². The number of nitrogens with one attached hydrogen (secondary N) is 1. The Bertz CT molecular complexity index is 1470. The Morgan fingerprint density at radius 2 is 1.92 bits per heavy atom. The maximum absolute atomic E-state index is 14.9. The fourth-order valence-corrected chi connectivity index (χ4v) is 4.61. The van der Waals surface area contributed by atoms with E-state index in [1.165, 1.54) is 37.9 Å². The number of nitrogens with zero attached hydrogens (tertiary/aromatic N) is 4. The van der Waals surface area contributed by atoms with Gasteiger partial charge >= 0.3 is 5.97 Å². The summed E-state index contributed by atoms with van der Waals surface area (Å²) < 4.78 is 35.8. The van der Waals surface area contributed by atoms with Crippen molar-refractivity contribution in [3.8, 4) is 10.4 Å². The molecule has 192 valence electrons. The Labute approximate surface area is 213 Å². The van der Waals surface area contributed by atoms with Crippen LogP contribution in [0.2, 0.25) is 0 Å². The minimum absolute atomic E-state index is 0.0156. The number of aromatic nitrogens is 4. The van der Waals surface area contributed by atoms with Gasteiger partial charge in [-0.15, -0.1) is 16.4 Å². The van der Waals surface area contributed by atoms with Crippen molar-refractivity contribution >= 4 is 34.0 Å². The van der Waals surface area contributed by atoms with Crippen LogP contribution in [0, 0.1) is 11.6 Å². The molecule has 4 rings (SSSR count). The molecule has 3 aromatic heterocycles. The van der Waals surface area contributed by atoms with Crippen LogP contribution in [0.15, 0.2) is 42.6 Å². The van der Waals surface area contributed by atoms with Gasteiger partial charge in [0.2, 0.25) is 0 Å². The number of carbonyl (C=O) groups excluding carboxylic acids is 2. The highest BCUT2D eigenvalue weighted by Gasteiger charge is 2.24. The quantitative estimate of drug-likeness (QED) is 0.294. The van der Waals surface area contributed by atoms with Crippen LogP contribution in [0.1, 0.15) is 46.0 Å². The number of esters is 1. The van der Waals surface area contributed by atoms with Crippen molar-refractivity contribution in [2.75, 3.05) is 12.4 Å². The van der Waals surface area contributed by atoms with E-state index in [0.717, 1.165) is 23.5 Å². The summed E-state index contributed by atoms with van der Waals surface area (Å²) in [4.78, 5) is 28.5. The first-order valence-electron chi connectivity index (χ1n) is 10.8. The van der Waals surface area contributed by atoms with Crippen LogP contribution in [-0.4, -0.2) is 44.1 Å². The molecule has 0 aliphatic heterocycles. The largest absolute Gasteiger partial charge is 0.464 e. The average Bonchev–Trinajstić information content (AvgIpc) is 3.45. The predicted molar refractivity (Wildman–Crippen MR) is 131 cm³/mol. The van der Waals surface area contributed by atoms with Crippen LogP contribution >= 0.6 is 11.3 Å². The summed E-state index contributed by atoms with van der Waals surface area (Å²) in [7, 11) is 1.24. The van der Waals surface area contributed by atoms with E-state index in [-0.39, 0.29) is 38.8 Å². The number of nitrogens with two attached hydrogens (primary N) is 1. The van der Waals surface area contributed by atoms with Crippen LogP contribution < -0.4 is 11.1 Å². The fraction of sp³-hybridized carbons (Fsp3) is 0.208. The highest BCUT2D eigenvalue weighted by atomic mass is 32.1. The summed E-state index contributed by atoms with van der Waals surface area (Å²) in [5.74, 6) is -2.89. The second-order valence-electron chi connectivity index (χ2n) is 8.50. The zero-order valence-electron chi connectivity index (χ0n) is 20.0. The van der Waals surface area contributed by atoms with Crippen LogP contribution in [-0.2, 0) is 16.9 Å². The minimum Gasteiger partial charge on any atom is -0.464 e. The van der Waals surface area contributed by atoms with E-state index in [2.05, 4.69) is 20.6 Å². The SMILES string of the molecule is COC(=O)c1cnnn1Cc1cccc(Nc2sc(-c3c(F)cc(C(C)(C)O)cc3F)cc2C(N)=O)n1. The molecule has 10 nitrogen and oxygen atoms in total. The van der Waals surface area contributed by atoms with Gasteiger partial charge in [-0.05, 0) is 49.7 Å². The van der Waals surface area contributed by atoms with Gasteiger partial charge in [-0.25, -0.2) is 23.2 Å². The van der Waals surface area contributed by atoms with Crippen LogP contribution in [0.25, 0.3) is 10.4 Å². The van der Waals surface area contributed by atoms with Crippen LogP contribution in [0.5, 0.6) is 0 Å². The molecule has 4 N–H and O–H groups in total. The Morgan fingerprint density at radius 1 is 1.22 bits per heavy atom. The third kappa shape index (κ3) is 5.47. The van der Waals surface area contributed by atoms with Crippen molar-refractivity contribution in [2.24, 2.45) is 5.73 Å². The maximum atomic E-state index is 14.9. The number of aliphatic hydroxyl groups is 1. The molecule has 0 spiro atoms. The lowest BCUT2D eigenvalue weighted by atomic mass is 9.96. The lowest BCUT2D eigenvalue weighted by Gasteiger charge is -2.18. The Hall–Kier alpha value is -4.23. The molecular weight excluding hydrogens is 506 g/mol. The Balaban J connectivity index is 1.65. The molecule has 0 saturated carbocycles. The number of hydrogen-bond donors (Lipinski definition) is 3. The first-order valence-corrected chi connectivity index (χ1v) is 11.6. The van der Waals surface area contributed by atoms with Crippen molar-refractivity contribution in [2.45, 2.75) is 26.0 Å². The number of halogens is 2.